The van der Waals surface area contributed by atoms with Crippen LogP contribution in [-0.4, -0.2) is 29.9 Å². The molecule has 1 atom stereocenters. The third-order valence-electron chi connectivity index (χ3n) is 4.08. The highest BCUT2D eigenvalue weighted by Gasteiger charge is 2.42. The molecule has 1 aliphatic heterocycles. The van der Waals surface area contributed by atoms with Crippen molar-refractivity contribution >= 4 is 11.8 Å². The third kappa shape index (κ3) is 2.14. The number of hydrogen-bond acceptors (Lipinski definition) is 4. The van der Waals surface area contributed by atoms with Crippen molar-refractivity contribution in [1.29, 1.82) is 0 Å². The van der Waals surface area contributed by atoms with Gasteiger partial charge in [0.2, 0.25) is 0 Å². The van der Waals surface area contributed by atoms with Crippen molar-refractivity contribution in [2.24, 2.45) is 0 Å². The lowest BCUT2D eigenvalue weighted by atomic mass is 10.1. The van der Waals surface area contributed by atoms with E-state index < -0.39 is 0 Å². The Morgan fingerprint density at radius 2 is 1.86 bits per heavy atom. The average Bonchev–Trinajstić information content (AvgIpc) is 3.01. The summed E-state index contributed by atoms with van der Waals surface area (Å²) in [6, 6.07) is 6.72. The van der Waals surface area contributed by atoms with E-state index in [4.69, 9.17) is 4.84 Å². The predicted molar refractivity (Wildman–Crippen MR) is 81.9 cm³/mol. The fourth-order valence-corrected chi connectivity index (χ4v) is 3.17. The van der Waals surface area contributed by atoms with Crippen molar-refractivity contribution in [1.82, 2.24) is 10.4 Å². The molecule has 2 amide bonds. The molecule has 22 heavy (non-hydrogen) atoms. The minimum absolute atomic E-state index is 0.216. The van der Waals surface area contributed by atoms with Gasteiger partial charge in [-0.05, 0) is 37.5 Å². The molecular formula is C17H18N2O3. The number of carbonyl (C=O) groups is 2. The molecule has 1 heterocycles. The molecule has 0 radical (unpaired) electrons. The molecule has 1 N–H and O–H groups in total. The summed E-state index contributed by atoms with van der Waals surface area (Å²) in [4.78, 5) is 31.6. The van der Waals surface area contributed by atoms with E-state index in [1.807, 2.05) is 19.1 Å². The number of hydrogen-bond donors (Lipinski definition) is 1. The quantitative estimate of drug-likeness (QED) is 0.685. The van der Waals surface area contributed by atoms with Crippen molar-refractivity contribution in [2.75, 3.05) is 7.11 Å². The summed E-state index contributed by atoms with van der Waals surface area (Å²) in [5.74, 6) is -0.433. The minimum atomic E-state index is -0.249. The van der Waals surface area contributed by atoms with Crippen molar-refractivity contribution in [3.63, 3.8) is 0 Å². The molecule has 5 nitrogen and oxygen atoms in total. The number of allylic oxidation sites excluding steroid dienone is 2. The molecule has 0 bridgehead atoms. The molecule has 1 aliphatic carbocycles. The molecule has 0 fully saturated rings. The molecule has 0 spiro atoms. The van der Waals surface area contributed by atoms with Crippen LogP contribution < -0.4 is 5.48 Å². The fraction of sp³-hybridized carbons (Fsp3) is 0.294. The zero-order valence-electron chi connectivity index (χ0n) is 12.6. The van der Waals surface area contributed by atoms with Gasteiger partial charge in [0.1, 0.15) is 0 Å². The Labute approximate surface area is 129 Å². The predicted octanol–water partition coefficient (Wildman–Crippen LogP) is 2.43. The monoisotopic (exact) mass is 298 g/mol. The first-order valence-corrected chi connectivity index (χ1v) is 7.30. The van der Waals surface area contributed by atoms with Crippen molar-refractivity contribution in [3.05, 3.63) is 58.8 Å². The number of nitrogens with one attached hydrogen (secondary N) is 1. The molecular weight excluding hydrogens is 280 g/mol. The van der Waals surface area contributed by atoms with E-state index in [0.29, 0.717) is 17.5 Å². The summed E-state index contributed by atoms with van der Waals surface area (Å²) < 4.78 is 0. The van der Waals surface area contributed by atoms with Crippen LogP contribution in [0.3, 0.4) is 0 Å². The van der Waals surface area contributed by atoms with Gasteiger partial charge in [-0.2, -0.15) is 0 Å². The second-order valence-electron chi connectivity index (χ2n) is 5.32. The van der Waals surface area contributed by atoms with Crippen LogP contribution >= 0.6 is 0 Å². The lowest BCUT2D eigenvalue weighted by molar-refractivity contribution is 0.0609. The number of hydroxylamine groups is 1. The van der Waals surface area contributed by atoms with E-state index >= 15 is 0 Å². The van der Waals surface area contributed by atoms with Gasteiger partial charge in [-0.3, -0.25) is 24.8 Å². The maximum absolute atomic E-state index is 12.6. The van der Waals surface area contributed by atoms with Crippen LogP contribution in [0.4, 0.5) is 0 Å². The first-order valence-electron chi connectivity index (χ1n) is 7.30. The van der Waals surface area contributed by atoms with E-state index in [1.54, 1.807) is 31.4 Å². The number of amides is 2. The molecule has 0 aromatic heterocycles. The van der Waals surface area contributed by atoms with Gasteiger partial charge in [0, 0.05) is 5.70 Å². The smallest absolute Gasteiger partial charge is 0.262 e. The number of fused-ring (bicyclic) bond motifs is 1. The molecule has 3 rings (SSSR count). The fourth-order valence-electron chi connectivity index (χ4n) is 3.17. The zero-order chi connectivity index (χ0) is 15.7. The number of rotatable bonds is 4. The van der Waals surface area contributed by atoms with Gasteiger partial charge in [0.25, 0.3) is 11.8 Å². The van der Waals surface area contributed by atoms with Gasteiger partial charge in [-0.25, -0.2) is 0 Å². The summed E-state index contributed by atoms with van der Waals surface area (Å²) in [5.41, 5.74) is 5.68. The molecule has 1 aromatic rings. The van der Waals surface area contributed by atoms with Gasteiger partial charge < -0.3 is 0 Å². The first-order chi connectivity index (χ1) is 10.7. The molecule has 114 valence electrons. The zero-order valence-corrected chi connectivity index (χ0v) is 12.6. The van der Waals surface area contributed by atoms with Gasteiger partial charge in [-0.15, -0.1) is 0 Å². The molecule has 1 aromatic carbocycles. The van der Waals surface area contributed by atoms with Crippen LogP contribution in [0, 0.1) is 0 Å². The summed E-state index contributed by atoms with van der Waals surface area (Å²) in [7, 11) is 1.55. The van der Waals surface area contributed by atoms with Crippen LogP contribution in [0.25, 0.3) is 0 Å². The lowest BCUT2D eigenvalue weighted by Crippen LogP contribution is -2.39. The number of carbonyl (C=O) groups excluding carboxylic acids is 2. The third-order valence-corrected chi connectivity index (χ3v) is 4.08. The Morgan fingerprint density at radius 3 is 2.41 bits per heavy atom. The summed E-state index contributed by atoms with van der Waals surface area (Å²) in [6.45, 7) is 1.91. The van der Waals surface area contributed by atoms with E-state index in [9.17, 15) is 9.59 Å². The minimum Gasteiger partial charge on any atom is -0.280 e. The van der Waals surface area contributed by atoms with Crippen LogP contribution in [0.15, 0.2) is 47.7 Å². The topological polar surface area (TPSA) is 58.6 Å². The largest absolute Gasteiger partial charge is 0.280 e. The highest BCUT2D eigenvalue weighted by molar-refractivity contribution is 6.21. The van der Waals surface area contributed by atoms with E-state index in [1.165, 1.54) is 4.90 Å². The Bertz CT molecular complexity index is 656. The van der Waals surface area contributed by atoms with Crippen LogP contribution in [-0.2, 0) is 4.84 Å². The van der Waals surface area contributed by atoms with Crippen LogP contribution in [0.2, 0.25) is 0 Å². The van der Waals surface area contributed by atoms with Crippen molar-refractivity contribution in [3.8, 4) is 0 Å². The average molecular weight is 298 g/mol. The second kappa shape index (κ2) is 5.77. The Kier molecular flexibility index (Phi) is 3.81. The van der Waals surface area contributed by atoms with Crippen molar-refractivity contribution in [2.45, 2.75) is 25.8 Å². The highest BCUT2D eigenvalue weighted by atomic mass is 16.6. The number of benzene rings is 1. The normalized spacial score (nSPS) is 21.2. The SMILES string of the molecule is C/C=C\C1=C(NOC)CCC1N1C(=O)c2ccccc2C1=O. The van der Waals surface area contributed by atoms with Gasteiger partial charge in [0.15, 0.2) is 0 Å². The van der Waals surface area contributed by atoms with Gasteiger partial charge in [-0.1, -0.05) is 24.3 Å². The van der Waals surface area contributed by atoms with Gasteiger partial charge in [0.05, 0.1) is 24.3 Å². The Morgan fingerprint density at radius 1 is 1.23 bits per heavy atom. The van der Waals surface area contributed by atoms with Gasteiger partial charge >= 0.3 is 0 Å². The summed E-state index contributed by atoms with van der Waals surface area (Å²) in [5, 5.41) is 0. The number of nitrogens with zero attached hydrogens (tertiary/aromatic N) is 1. The van der Waals surface area contributed by atoms with Crippen LogP contribution in [0.1, 0.15) is 40.5 Å². The van der Waals surface area contributed by atoms with E-state index in [2.05, 4.69) is 5.48 Å². The Balaban J connectivity index is 1.99. The Hall–Kier alpha value is -2.40. The molecule has 1 unspecified atom stereocenters. The maximum Gasteiger partial charge on any atom is 0.262 e. The summed E-state index contributed by atoms with van der Waals surface area (Å²) in [6.07, 6.45) is 5.29. The molecule has 5 heteroatoms. The molecule has 0 saturated heterocycles. The van der Waals surface area contributed by atoms with E-state index in [-0.39, 0.29) is 17.9 Å². The summed E-state index contributed by atoms with van der Waals surface area (Å²) >= 11 is 0. The second-order valence-corrected chi connectivity index (χ2v) is 5.32. The molecule has 0 saturated carbocycles. The lowest BCUT2D eigenvalue weighted by Gasteiger charge is -2.23. The van der Waals surface area contributed by atoms with Crippen LogP contribution in [0.5, 0.6) is 0 Å². The first kappa shape index (κ1) is 14.5. The van der Waals surface area contributed by atoms with E-state index in [0.717, 1.165) is 17.7 Å². The molecule has 2 aliphatic rings. The standard InChI is InChI=1S/C17H18N2O3/c1-3-6-13-14(18-22-2)9-10-15(13)19-16(20)11-7-4-5-8-12(11)17(19)21/h3-8,15,18H,9-10H2,1-2H3/b6-3-. The highest BCUT2D eigenvalue weighted by Crippen LogP contribution is 2.35. The van der Waals surface area contributed by atoms with Crippen molar-refractivity contribution < 1.29 is 14.4 Å². The maximum atomic E-state index is 12.6. The number of imide groups is 1.